The molecule has 0 amide bonds. The van der Waals surface area contributed by atoms with E-state index in [9.17, 15) is 16.8 Å². The van der Waals surface area contributed by atoms with Gasteiger partial charge < -0.3 is 0 Å². The summed E-state index contributed by atoms with van der Waals surface area (Å²) in [5, 5.41) is 0. The number of sulfonamides is 2. The summed E-state index contributed by atoms with van der Waals surface area (Å²) in [5.74, 6) is -0.00806. The molecule has 0 fully saturated rings. The van der Waals surface area contributed by atoms with Crippen molar-refractivity contribution < 1.29 is 16.8 Å². The van der Waals surface area contributed by atoms with Crippen molar-refractivity contribution in [3.8, 4) is 0 Å². The van der Waals surface area contributed by atoms with Gasteiger partial charge in [0.15, 0.2) is 0 Å². The van der Waals surface area contributed by atoms with Crippen LogP contribution in [0.3, 0.4) is 0 Å². The average Bonchev–Trinajstić information content (AvgIpc) is 1.97. The maximum Gasteiger partial charge on any atom is 0.211 e. The van der Waals surface area contributed by atoms with Crippen molar-refractivity contribution in [2.24, 2.45) is 0 Å². The van der Waals surface area contributed by atoms with Crippen LogP contribution in [-0.4, -0.2) is 41.9 Å². The predicted molar refractivity (Wildman–Crippen MR) is 50.3 cm³/mol. The normalized spacial score (nSPS) is 13.1. The van der Waals surface area contributed by atoms with Crippen LogP contribution in [0.5, 0.6) is 0 Å². The fraction of sp³-hybridized carbons (Fsp3) is 1.00. The first-order chi connectivity index (χ1) is 5.77. The van der Waals surface area contributed by atoms with E-state index in [1.807, 2.05) is 0 Å². The summed E-state index contributed by atoms with van der Waals surface area (Å²) >= 11 is 0. The van der Waals surface area contributed by atoms with Crippen LogP contribution in [0.15, 0.2) is 0 Å². The van der Waals surface area contributed by atoms with Gasteiger partial charge in [0.25, 0.3) is 0 Å². The third kappa shape index (κ3) is 8.16. The van der Waals surface area contributed by atoms with Crippen molar-refractivity contribution in [1.29, 1.82) is 0 Å². The molecule has 0 heterocycles. The Balaban J connectivity index is 3.71. The number of nitrogens with one attached hydrogen (secondary N) is 2. The van der Waals surface area contributed by atoms with E-state index in [0.717, 1.165) is 6.26 Å². The highest BCUT2D eigenvalue weighted by Gasteiger charge is 2.05. The third-order valence-corrected chi connectivity index (χ3v) is 3.32. The molecule has 6 nitrogen and oxygen atoms in total. The van der Waals surface area contributed by atoms with Crippen molar-refractivity contribution in [3.05, 3.63) is 0 Å². The highest BCUT2D eigenvalue weighted by molar-refractivity contribution is 7.89. The second-order valence-corrected chi connectivity index (χ2v) is 6.39. The Labute approximate surface area is 78.8 Å². The van der Waals surface area contributed by atoms with E-state index in [4.69, 9.17) is 0 Å². The average molecular weight is 230 g/mol. The molecule has 0 atom stereocenters. The Morgan fingerprint density at radius 1 is 1.00 bits per heavy atom. The molecule has 0 rings (SSSR count). The molecule has 0 aromatic carbocycles. The van der Waals surface area contributed by atoms with E-state index in [2.05, 4.69) is 9.44 Å². The van der Waals surface area contributed by atoms with E-state index in [1.165, 1.54) is 6.92 Å². The maximum atomic E-state index is 10.8. The summed E-state index contributed by atoms with van der Waals surface area (Å²) in [6.45, 7) is 1.65. The molecule has 0 aliphatic carbocycles. The summed E-state index contributed by atoms with van der Waals surface area (Å²) < 4.78 is 47.1. The molecule has 0 spiro atoms. The Morgan fingerprint density at radius 3 is 1.85 bits per heavy atom. The summed E-state index contributed by atoms with van der Waals surface area (Å²) in [6.07, 6.45) is 1.02. The highest BCUT2D eigenvalue weighted by atomic mass is 32.2. The minimum Gasteiger partial charge on any atom is -0.214 e. The zero-order valence-corrected chi connectivity index (χ0v) is 9.20. The second-order valence-electron chi connectivity index (χ2n) is 2.46. The lowest BCUT2D eigenvalue weighted by molar-refractivity contribution is 0.574. The number of hydrogen-bond donors (Lipinski definition) is 2. The molecular weight excluding hydrogens is 216 g/mol. The molecule has 0 saturated heterocycles. The smallest absolute Gasteiger partial charge is 0.211 e. The van der Waals surface area contributed by atoms with E-state index >= 15 is 0 Å². The van der Waals surface area contributed by atoms with Crippen LogP contribution in [0, 0.1) is 0 Å². The molecule has 0 unspecified atom stereocenters. The van der Waals surface area contributed by atoms with Gasteiger partial charge in [-0.15, -0.1) is 0 Å². The largest absolute Gasteiger partial charge is 0.214 e. The van der Waals surface area contributed by atoms with Gasteiger partial charge in [0, 0.05) is 13.1 Å². The van der Waals surface area contributed by atoms with E-state index in [1.54, 1.807) is 0 Å². The van der Waals surface area contributed by atoms with Crippen LogP contribution in [0.25, 0.3) is 0 Å². The van der Waals surface area contributed by atoms with Crippen LogP contribution in [0.2, 0.25) is 0 Å². The van der Waals surface area contributed by atoms with Crippen LogP contribution < -0.4 is 9.44 Å². The number of hydrogen-bond acceptors (Lipinski definition) is 4. The SMILES string of the molecule is CCS(=O)(=O)NCCNS(C)(=O)=O. The molecule has 0 aliphatic heterocycles. The van der Waals surface area contributed by atoms with Crippen LogP contribution in [0.1, 0.15) is 6.92 Å². The van der Waals surface area contributed by atoms with Gasteiger partial charge >= 0.3 is 0 Å². The predicted octanol–water partition coefficient (Wildman–Crippen LogP) is -1.53. The van der Waals surface area contributed by atoms with Crippen molar-refractivity contribution in [3.63, 3.8) is 0 Å². The van der Waals surface area contributed by atoms with Gasteiger partial charge in [0.05, 0.1) is 12.0 Å². The Hall–Kier alpha value is -0.180. The van der Waals surface area contributed by atoms with Crippen LogP contribution >= 0.6 is 0 Å². The van der Waals surface area contributed by atoms with Crippen molar-refractivity contribution in [2.75, 3.05) is 25.1 Å². The Morgan fingerprint density at radius 2 is 1.46 bits per heavy atom. The first-order valence-corrected chi connectivity index (χ1v) is 7.23. The van der Waals surface area contributed by atoms with Crippen molar-refractivity contribution in [2.45, 2.75) is 6.92 Å². The first-order valence-electron chi connectivity index (χ1n) is 3.69. The zero-order chi connectivity index (χ0) is 10.5. The molecule has 0 aromatic rings. The minimum absolute atomic E-state index is 0.00806. The van der Waals surface area contributed by atoms with E-state index < -0.39 is 20.0 Å². The Kier molecular flexibility index (Phi) is 4.82. The van der Waals surface area contributed by atoms with Gasteiger partial charge in [0.2, 0.25) is 20.0 Å². The fourth-order valence-electron chi connectivity index (χ4n) is 0.545. The summed E-state index contributed by atoms with van der Waals surface area (Å²) in [4.78, 5) is 0. The van der Waals surface area contributed by atoms with E-state index in [-0.39, 0.29) is 18.8 Å². The van der Waals surface area contributed by atoms with Gasteiger partial charge in [-0.25, -0.2) is 26.3 Å². The zero-order valence-electron chi connectivity index (χ0n) is 7.57. The van der Waals surface area contributed by atoms with Gasteiger partial charge in [-0.3, -0.25) is 0 Å². The van der Waals surface area contributed by atoms with E-state index in [0.29, 0.717) is 0 Å². The molecule has 0 radical (unpaired) electrons. The van der Waals surface area contributed by atoms with Gasteiger partial charge in [-0.1, -0.05) is 0 Å². The monoisotopic (exact) mass is 230 g/mol. The summed E-state index contributed by atoms with van der Waals surface area (Å²) in [6, 6.07) is 0. The molecule has 8 heteroatoms. The molecule has 2 N–H and O–H groups in total. The molecule has 80 valence electrons. The van der Waals surface area contributed by atoms with Crippen molar-refractivity contribution >= 4 is 20.0 Å². The highest BCUT2D eigenvalue weighted by Crippen LogP contribution is 1.80. The molecule has 0 bridgehead atoms. The van der Waals surface area contributed by atoms with Gasteiger partial charge in [-0.05, 0) is 6.92 Å². The topological polar surface area (TPSA) is 92.3 Å². The summed E-state index contributed by atoms with van der Waals surface area (Å²) in [5.41, 5.74) is 0. The standard InChI is InChI=1S/C5H14N2O4S2/c1-3-13(10,11)7-5-4-6-12(2,8)9/h6-7H,3-5H2,1-2H3. The van der Waals surface area contributed by atoms with Gasteiger partial charge in [-0.2, -0.15) is 0 Å². The van der Waals surface area contributed by atoms with Crippen LogP contribution in [0.4, 0.5) is 0 Å². The quantitative estimate of drug-likeness (QED) is 0.542. The molecule has 0 aliphatic rings. The lowest BCUT2D eigenvalue weighted by Crippen LogP contribution is -2.34. The summed E-state index contributed by atoms with van der Waals surface area (Å²) in [7, 11) is -6.46. The van der Waals surface area contributed by atoms with Crippen molar-refractivity contribution in [1.82, 2.24) is 9.44 Å². The fourth-order valence-corrected chi connectivity index (χ4v) is 1.64. The molecule has 0 aromatic heterocycles. The maximum absolute atomic E-state index is 10.8. The molecular formula is C5H14N2O4S2. The van der Waals surface area contributed by atoms with Gasteiger partial charge in [0.1, 0.15) is 0 Å². The lowest BCUT2D eigenvalue weighted by atomic mass is 10.7. The third-order valence-electron chi connectivity index (χ3n) is 1.19. The molecule has 0 saturated carbocycles. The Bertz CT molecular complexity index is 332. The number of rotatable bonds is 6. The first kappa shape index (κ1) is 12.8. The second kappa shape index (κ2) is 4.89. The lowest BCUT2D eigenvalue weighted by Gasteiger charge is -2.04. The minimum atomic E-state index is -3.23. The molecule has 13 heavy (non-hydrogen) atoms. The van der Waals surface area contributed by atoms with Crippen LogP contribution in [-0.2, 0) is 20.0 Å².